The molecule has 0 aliphatic carbocycles. The molecule has 3 aromatic rings. The molecule has 1 atom stereocenters. The van der Waals surface area contributed by atoms with Gasteiger partial charge in [0.05, 0.1) is 5.92 Å². The zero-order valence-electron chi connectivity index (χ0n) is 14.6. The minimum atomic E-state index is -0.493. The molecule has 0 saturated heterocycles. The Kier molecular flexibility index (Phi) is 5.38. The Hall–Kier alpha value is -2.65. The average molecular weight is 368 g/mol. The highest BCUT2D eigenvalue weighted by Gasteiger charge is 2.18. The number of carbonyl (C=O) groups excluding carboxylic acids is 1. The Morgan fingerprint density at radius 2 is 1.77 bits per heavy atom. The first kappa shape index (κ1) is 18.2. The highest BCUT2D eigenvalue weighted by atomic mass is 35.5. The monoisotopic (exact) mass is 367 g/mol. The molecule has 3 rings (SSSR count). The topological polar surface area (TPSA) is 29.1 Å². The zero-order chi connectivity index (χ0) is 18.7. The van der Waals surface area contributed by atoms with Crippen LogP contribution >= 0.6 is 11.6 Å². The van der Waals surface area contributed by atoms with E-state index < -0.39 is 5.92 Å². The van der Waals surface area contributed by atoms with E-state index in [1.165, 1.54) is 6.07 Å². The molecule has 1 N–H and O–H groups in total. The van der Waals surface area contributed by atoms with Gasteiger partial charge in [-0.25, -0.2) is 4.39 Å². The van der Waals surface area contributed by atoms with Crippen molar-refractivity contribution in [1.82, 2.24) is 0 Å². The van der Waals surface area contributed by atoms with Crippen molar-refractivity contribution in [1.29, 1.82) is 0 Å². The lowest BCUT2D eigenvalue weighted by molar-refractivity contribution is -0.117. The largest absolute Gasteiger partial charge is 0.325 e. The van der Waals surface area contributed by atoms with E-state index in [1.807, 2.05) is 37.3 Å². The summed E-state index contributed by atoms with van der Waals surface area (Å²) in [5.41, 5.74) is 3.42. The summed E-state index contributed by atoms with van der Waals surface area (Å²) >= 11 is 6.09. The highest BCUT2D eigenvalue weighted by molar-refractivity contribution is 6.31. The van der Waals surface area contributed by atoms with Crippen LogP contribution in [0.15, 0.2) is 66.7 Å². The number of hydrogen-bond donors (Lipinski definition) is 1. The van der Waals surface area contributed by atoms with Gasteiger partial charge in [-0.2, -0.15) is 0 Å². The van der Waals surface area contributed by atoms with Gasteiger partial charge in [-0.05, 0) is 48.7 Å². The molecule has 0 aliphatic rings. The van der Waals surface area contributed by atoms with Crippen LogP contribution in [0, 0.1) is 12.7 Å². The average Bonchev–Trinajstić information content (AvgIpc) is 2.65. The molecule has 132 valence electrons. The second-order valence-corrected chi connectivity index (χ2v) is 6.64. The van der Waals surface area contributed by atoms with Gasteiger partial charge >= 0.3 is 0 Å². The first-order chi connectivity index (χ1) is 12.5. The number of carbonyl (C=O) groups is 1. The quantitative estimate of drug-likeness (QED) is 0.584. The standard InChI is InChI=1S/C22H19ClFNO/c1-14(22(26)25-21-10-6-9-19(23)15(21)2)17-11-12-18(20(24)13-17)16-7-4-3-5-8-16/h3-14H,1-2H3,(H,25,26). The van der Waals surface area contributed by atoms with E-state index in [2.05, 4.69) is 5.32 Å². The van der Waals surface area contributed by atoms with Crippen molar-refractivity contribution in [2.75, 3.05) is 5.32 Å². The predicted octanol–water partition coefficient (Wildman–Crippen LogP) is 6.20. The molecule has 3 aromatic carbocycles. The minimum Gasteiger partial charge on any atom is -0.325 e. The summed E-state index contributed by atoms with van der Waals surface area (Å²) in [6.07, 6.45) is 0. The van der Waals surface area contributed by atoms with Crippen molar-refractivity contribution in [3.05, 3.63) is 88.7 Å². The maximum Gasteiger partial charge on any atom is 0.231 e. The van der Waals surface area contributed by atoms with E-state index in [-0.39, 0.29) is 11.7 Å². The predicted molar refractivity (Wildman–Crippen MR) is 105 cm³/mol. The second-order valence-electron chi connectivity index (χ2n) is 6.23. The summed E-state index contributed by atoms with van der Waals surface area (Å²) in [6, 6.07) is 19.6. The second kappa shape index (κ2) is 7.71. The molecule has 0 fully saturated rings. The molecule has 1 unspecified atom stereocenters. The van der Waals surface area contributed by atoms with Gasteiger partial charge in [0.25, 0.3) is 0 Å². The molecular formula is C22H19ClFNO. The van der Waals surface area contributed by atoms with Crippen LogP contribution in [0.5, 0.6) is 0 Å². The smallest absolute Gasteiger partial charge is 0.231 e. The van der Waals surface area contributed by atoms with Gasteiger partial charge in [-0.1, -0.05) is 60.1 Å². The molecule has 0 aromatic heterocycles. The molecular weight excluding hydrogens is 349 g/mol. The van der Waals surface area contributed by atoms with E-state index in [0.29, 0.717) is 21.8 Å². The third-order valence-corrected chi connectivity index (χ3v) is 4.91. The number of rotatable bonds is 4. The lowest BCUT2D eigenvalue weighted by Crippen LogP contribution is -2.19. The Balaban J connectivity index is 1.81. The van der Waals surface area contributed by atoms with E-state index in [9.17, 15) is 9.18 Å². The fourth-order valence-corrected chi connectivity index (χ4v) is 2.96. The van der Waals surface area contributed by atoms with Crippen molar-refractivity contribution in [3.8, 4) is 11.1 Å². The van der Waals surface area contributed by atoms with Crippen LogP contribution in [0.3, 0.4) is 0 Å². The van der Waals surface area contributed by atoms with Gasteiger partial charge in [-0.3, -0.25) is 4.79 Å². The van der Waals surface area contributed by atoms with Crippen LogP contribution < -0.4 is 5.32 Å². The molecule has 0 radical (unpaired) electrons. The van der Waals surface area contributed by atoms with Crippen molar-refractivity contribution in [2.24, 2.45) is 0 Å². The maximum absolute atomic E-state index is 14.6. The van der Waals surface area contributed by atoms with Gasteiger partial charge in [0, 0.05) is 16.3 Å². The van der Waals surface area contributed by atoms with E-state index in [0.717, 1.165) is 11.1 Å². The van der Waals surface area contributed by atoms with Crippen molar-refractivity contribution in [3.63, 3.8) is 0 Å². The van der Waals surface area contributed by atoms with Gasteiger partial charge in [0.1, 0.15) is 5.82 Å². The fourth-order valence-electron chi connectivity index (χ4n) is 2.79. The van der Waals surface area contributed by atoms with Crippen LogP contribution in [0.2, 0.25) is 5.02 Å². The lowest BCUT2D eigenvalue weighted by atomic mass is 9.96. The Morgan fingerprint density at radius 3 is 2.46 bits per heavy atom. The normalized spacial score (nSPS) is 11.8. The van der Waals surface area contributed by atoms with Crippen LogP contribution in [0.4, 0.5) is 10.1 Å². The molecule has 26 heavy (non-hydrogen) atoms. The number of hydrogen-bond acceptors (Lipinski definition) is 1. The van der Waals surface area contributed by atoms with Gasteiger partial charge in [-0.15, -0.1) is 0 Å². The lowest BCUT2D eigenvalue weighted by Gasteiger charge is -2.15. The number of amides is 1. The van der Waals surface area contributed by atoms with Gasteiger partial charge < -0.3 is 5.32 Å². The van der Waals surface area contributed by atoms with Crippen molar-refractivity contribution in [2.45, 2.75) is 19.8 Å². The molecule has 1 amide bonds. The molecule has 2 nitrogen and oxygen atoms in total. The summed E-state index contributed by atoms with van der Waals surface area (Å²) in [4.78, 5) is 12.6. The number of nitrogens with one attached hydrogen (secondary N) is 1. The van der Waals surface area contributed by atoms with Gasteiger partial charge in [0.15, 0.2) is 0 Å². The first-order valence-corrected chi connectivity index (χ1v) is 8.76. The van der Waals surface area contributed by atoms with Gasteiger partial charge in [0.2, 0.25) is 5.91 Å². The molecule has 0 heterocycles. The number of anilines is 1. The van der Waals surface area contributed by atoms with E-state index in [4.69, 9.17) is 11.6 Å². The van der Waals surface area contributed by atoms with E-state index >= 15 is 0 Å². The van der Waals surface area contributed by atoms with Crippen molar-refractivity contribution < 1.29 is 9.18 Å². The van der Waals surface area contributed by atoms with Crippen LogP contribution in [0.25, 0.3) is 11.1 Å². The number of benzene rings is 3. The summed E-state index contributed by atoms with van der Waals surface area (Å²) < 4.78 is 14.6. The third-order valence-electron chi connectivity index (χ3n) is 4.50. The zero-order valence-corrected chi connectivity index (χ0v) is 15.3. The molecule has 0 bridgehead atoms. The molecule has 0 aliphatic heterocycles. The first-order valence-electron chi connectivity index (χ1n) is 8.38. The summed E-state index contributed by atoms with van der Waals surface area (Å²) in [5, 5.41) is 3.46. The van der Waals surface area contributed by atoms with Crippen molar-refractivity contribution >= 4 is 23.2 Å². The van der Waals surface area contributed by atoms with Crippen LogP contribution in [-0.2, 0) is 4.79 Å². The molecule has 4 heteroatoms. The SMILES string of the molecule is Cc1c(Cl)cccc1NC(=O)C(C)c1ccc(-c2ccccc2)c(F)c1. The highest BCUT2D eigenvalue weighted by Crippen LogP contribution is 2.28. The summed E-state index contributed by atoms with van der Waals surface area (Å²) in [5.74, 6) is -1.04. The minimum absolute atomic E-state index is 0.206. The molecule has 0 spiro atoms. The van der Waals surface area contributed by atoms with E-state index in [1.54, 1.807) is 37.3 Å². The van der Waals surface area contributed by atoms with Crippen LogP contribution in [0.1, 0.15) is 24.0 Å². The summed E-state index contributed by atoms with van der Waals surface area (Å²) in [7, 11) is 0. The Bertz CT molecular complexity index is 940. The Labute approximate surface area is 157 Å². The van der Waals surface area contributed by atoms with Crippen LogP contribution in [-0.4, -0.2) is 5.91 Å². The fraction of sp³-hybridized carbons (Fsp3) is 0.136. The molecule has 0 saturated carbocycles. The Morgan fingerprint density at radius 1 is 1.04 bits per heavy atom. The third kappa shape index (κ3) is 3.78. The maximum atomic E-state index is 14.6. The summed E-state index contributed by atoms with van der Waals surface area (Å²) in [6.45, 7) is 3.60. The number of halogens is 2.